The van der Waals surface area contributed by atoms with Gasteiger partial charge < -0.3 is 15.0 Å². The van der Waals surface area contributed by atoms with Crippen molar-refractivity contribution in [3.8, 4) is 5.75 Å². The molecule has 2 aromatic rings. The molecule has 7 nitrogen and oxygen atoms in total. The van der Waals surface area contributed by atoms with Crippen LogP contribution in [0.2, 0.25) is 0 Å². The lowest BCUT2D eigenvalue weighted by Gasteiger charge is -2.34. The van der Waals surface area contributed by atoms with Gasteiger partial charge in [-0.1, -0.05) is 36.8 Å². The van der Waals surface area contributed by atoms with Crippen LogP contribution in [-0.2, 0) is 16.1 Å². The molecule has 2 fully saturated rings. The third kappa shape index (κ3) is 4.57. The van der Waals surface area contributed by atoms with E-state index in [-0.39, 0.29) is 36.4 Å². The van der Waals surface area contributed by atoms with Gasteiger partial charge in [0.25, 0.3) is 5.91 Å². The number of rotatable bonds is 6. The predicted octanol–water partition coefficient (Wildman–Crippen LogP) is 3.49. The van der Waals surface area contributed by atoms with Crippen molar-refractivity contribution in [1.29, 1.82) is 0 Å². The van der Waals surface area contributed by atoms with Crippen LogP contribution in [0.4, 0.5) is 0 Å². The van der Waals surface area contributed by atoms with E-state index >= 15 is 0 Å². The Morgan fingerprint density at radius 2 is 1.82 bits per heavy atom. The molecule has 178 valence electrons. The molecular formula is C27H31N3O4. The molecule has 4 atom stereocenters. The standard InChI is InChI=1S/C27H31N3O4/c1-17(18-7-3-2-4-8-18)28-22-9-5-6-10-24(22)34-20-11-12-21-19(15-20)16-30(27(21)33)23-13-14-25(31)29-26(23)32/h2-4,7-8,11-12,15,17,22-24,28H,5-6,9-10,13-14,16H2,1H3,(H,29,31,32)/t17?,22-,23?,24-/m1/s1. The minimum absolute atomic E-state index is 0.0568. The van der Waals surface area contributed by atoms with Gasteiger partial charge in [-0.05, 0) is 61.9 Å². The van der Waals surface area contributed by atoms with Crippen molar-refractivity contribution in [2.75, 3.05) is 0 Å². The highest BCUT2D eigenvalue weighted by molar-refractivity contribution is 6.05. The number of piperidine rings is 1. The fourth-order valence-electron chi connectivity index (χ4n) is 5.39. The molecule has 2 N–H and O–H groups in total. The van der Waals surface area contributed by atoms with E-state index in [4.69, 9.17) is 4.74 Å². The number of ether oxygens (including phenoxy) is 1. The minimum Gasteiger partial charge on any atom is -0.489 e. The molecule has 5 rings (SSSR count). The van der Waals surface area contributed by atoms with Crippen LogP contribution in [0.5, 0.6) is 5.75 Å². The molecule has 1 saturated heterocycles. The van der Waals surface area contributed by atoms with Crippen LogP contribution in [0.15, 0.2) is 48.5 Å². The predicted molar refractivity (Wildman–Crippen MR) is 127 cm³/mol. The number of nitrogens with one attached hydrogen (secondary N) is 2. The number of imide groups is 1. The zero-order valence-corrected chi connectivity index (χ0v) is 19.5. The van der Waals surface area contributed by atoms with Crippen molar-refractivity contribution in [2.24, 2.45) is 0 Å². The fraction of sp³-hybridized carbons (Fsp3) is 0.444. The second-order valence-corrected chi connectivity index (χ2v) is 9.57. The van der Waals surface area contributed by atoms with Gasteiger partial charge in [0.05, 0.1) is 0 Å². The summed E-state index contributed by atoms with van der Waals surface area (Å²) in [6.07, 6.45) is 5.03. The second kappa shape index (κ2) is 9.58. The summed E-state index contributed by atoms with van der Waals surface area (Å²) in [5.74, 6) is -0.0801. The van der Waals surface area contributed by atoms with Crippen LogP contribution >= 0.6 is 0 Å². The maximum Gasteiger partial charge on any atom is 0.255 e. The van der Waals surface area contributed by atoms with Gasteiger partial charge in [-0.15, -0.1) is 0 Å². The van der Waals surface area contributed by atoms with E-state index < -0.39 is 11.9 Å². The quantitative estimate of drug-likeness (QED) is 0.643. The summed E-state index contributed by atoms with van der Waals surface area (Å²) >= 11 is 0. The van der Waals surface area contributed by atoms with E-state index in [1.54, 1.807) is 11.0 Å². The number of carbonyl (C=O) groups is 3. The summed E-state index contributed by atoms with van der Waals surface area (Å²) in [4.78, 5) is 38.3. The Morgan fingerprint density at radius 1 is 1.03 bits per heavy atom. The molecule has 2 heterocycles. The molecular weight excluding hydrogens is 430 g/mol. The van der Waals surface area contributed by atoms with Gasteiger partial charge in [0.2, 0.25) is 11.8 Å². The molecule has 2 aliphatic heterocycles. The molecule has 3 aliphatic rings. The summed E-state index contributed by atoms with van der Waals surface area (Å²) < 4.78 is 6.46. The summed E-state index contributed by atoms with van der Waals surface area (Å²) in [5, 5.41) is 6.11. The maximum atomic E-state index is 12.9. The number of nitrogens with zero attached hydrogens (tertiary/aromatic N) is 1. The van der Waals surface area contributed by atoms with E-state index in [0.29, 0.717) is 18.5 Å². The summed E-state index contributed by atoms with van der Waals surface area (Å²) in [5.41, 5.74) is 2.73. The number of fused-ring (bicyclic) bond motifs is 1. The average Bonchev–Trinajstić information content (AvgIpc) is 3.16. The van der Waals surface area contributed by atoms with Crippen molar-refractivity contribution in [2.45, 2.75) is 76.2 Å². The minimum atomic E-state index is -0.603. The van der Waals surface area contributed by atoms with Gasteiger partial charge in [0, 0.05) is 30.6 Å². The first-order valence-electron chi connectivity index (χ1n) is 12.2. The summed E-state index contributed by atoms with van der Waals surface area (Å²) in [6.45, 7) is 2.54. The zero-order chi connectivity index (χ0) is 23.7. The van der Waals surface area contributed by atoms with E-state index in [9.17, 15) is 14.4 Å². The molecule has 7 heteroatoms. The third-order valence-corrected chi connectivity index (χ3v) is 7.25. The van der Waals surface area contributed by atoms with Gasteiger partial charge in [0.15, 0.2) is 0 Å². The normalized spacial score (nSPS) is 25.6. The van der Waals surface area contributed by atoms with Crippen molar-refractivity contribution >= 4 is 17.7 Å². The first kappa shape index (κ1) is 22.6. The number of carbonyl (C=O) groups excluding carboxylic acids is 3. The van der Waals surface area contributed by atoms with E-state index in [2.05, 4.69) is 41.8 Å². The highest BCUT2D eigenvalue weighted by atomic mass is 16.5. The number of hydrogen-bond acceptors (Lipinski definition) is 5. The lowest BCUT2D eigenvalue weighted by atomic mass is 9.91. The average molecular weight is 462 g/mol. The summed E-state index contributed by atoms with van der Waals surface area (Å²) in [6, 6.07) is 15.9. The molecule has 0 bridgehead atoms. The lowest BCUT2D eigenvalue weighted by molar-refractivity contribution is -0.136. The highest BCUT2D eigenvalue weighted by Crippen LogP contribution is 2.32. The summed E-state index contributed by atoms with van der Waals surface area (Å²) in [7, 11) is 0. The van der Waals surface area contributed by atoms with Crippen molar-refractivity contribution in [3.05, 3.63) is 65.2 Å². The number of hydrogen-bond donors (Lipinski definition) is 2. The molecule has 34 heavy (non-hydrogen) atoms. The van der Waals surface area contributed by atoms with Crippen molar-refractivity contribution in [1.82, 2.24) is 15.5 Å². The lowest BCUT2D eigenvalue weighted by Crippen LogP contribution is -2.52. The Hall–Kier alpha value is -3.19. The van der Waals surface area contributed by atoms with Crippen LogP contribution in [0.1, 0.15) is 73.0 Å². The van der Waals surface area contributed by atoms with Crippen LogP contribution in [0, 0.1) is 0 Å². The van der Waals surface area contributed by atoms with Gasteiger partial charge in [0.1, 0.15) is 17.9 Å². The Bertz CT molecular complexity index is 1090. The zero-order valence-electron chi connectivity index (χ0n) is 19.5. The van der Waals surface area contributed by atoms with Crippen molar-refractivity contribution < 1.29 is 19.1 Å². The SMILES string of the molecule is CC(N[C@@H]1CCCC[C@H]1Oc1ccc2c(c1)CN(C1CCC(=O)NC1=O)C2=O)c1ccccc1. The van der Waals surface area contributed by atoms with Crippen LogP contribution in [-0.4, -0.2) is 40.8 Å². The molecule has 1 aliphatic carbocycles. The highest BCUT2D eigenvalue weighted by Gasteiger charge is 2.39. The molecule has 1 saturated carbocycles. The van der Waals surface area contributed by atoms with Gasteiger partial charge in [-0.3, -0.25) is 19.7 Å². The van der Waals surface area contributed by atoms with Crippen LogP contribution in [0.3, 0.4) is 0 Å². The van der Waals surface area contributed by atoms with Gasteiger partial charge in [-0.2, -0.15) is 0 Å². The molecule has 2 unspecified atom stereocenters. The monoisotopic (exact) mass is 461 g/mol. The molecule has 0 spiro atoms. The van der Waals surface area contributed by atoms with Crippen LogP contribution in [0.25, 0.3) is 0 Å². The van der Waals surface area contributed by atoms with E-state index in [0.717, 1.165) is 30.6 Å². The largest absolute Gasteiger partial charge is 0.489 e. The smallest absolute Gasteiger partial charge is 0.255 e. The number of amides is 3. The Morgan fingerprint density at radius 3 is 2.62 bits per heavy atom. The van der Waals surface area contributed by atoms with E-state index in [1.165, 1.54) is 12.0 Å². The van der Waals surface area contributed by atoms with E-state index in [1.807, 2.05) is 18.2 Å². The van der Waals surface area contributed by atoms with Crippen molar-refractivity contribution in [3.63, 3.8) is 0 Å². The maximum absolute atomic E-state index is 12.9. The van der Waals surface area contributed by atoms with Crippen LogP contribution < -0.4 is 15.4 Å². The first-order chi connectivity index (χ1) is 16.5. The third-order valence-electron chi connectivity index (χ3n) is 7.25. The number of benzene rings is 2. The van der Waals surface area contributed by atoms with Gasteiger partial charge in [-0.25, -0.2) is 0 Å². The Balaban J connectivity index is 1.27. The second-order valence-electron chi connectivity index (χ2n) is 9.57. The molecule has 0 aromatic heterocycles. The molecule has 0 radical (unpaired) electrons. The molecule has 2 aromatic carbocycles. The Kier molecular flexibility index (Phi) is 6.37. The topological polar surface area (TPSA) is 87.7 Å². The fourth-order valence-corrected chi connectivity index (χ4v) is 5.39. The first-order valence-corrected chi connectivity index (χ1v) is 12.2. The Labute approximate surface area is 199 Å². The van der Waals surface area contributed by atoms with Gasteiger partial charge >= 0.3 is 0 Å². The molecule has 3 amide bonds.